The first-order chi connectivity index (χ1) is 10.7. The highest BCUT2D eigenvalue weighted by atomic mass is 16.3. The van der Waals surface area contributed by atoms with Crippen LogP contribution < -0.4 is 0 Å². The van der Waals surface area contributed by atoms with Crippen molar-refractivity contribution < 1.29 is 5.11 Å². The Morgan fingerprint density at radius 3 is 2.73 bits per heavy atom. The number of nitrogens with one attached hydrogen (secondary N) is 1. The first-order valence-corrected chi connectivity index (χ1v) is 8.18. The number of nitrogens with zero attached hydrogens (tertiary/aromatic N) is 1. The SMILES string of the molecule is CCC(CC)C1C(O)=CC2=CCC=C(C)C(c3cn[nH]c3)=C21. The molecular weight excluding hydrogens is 272 g/mol. The third-order valence-corrected chi connectivity index (χ3v) is 4.98. The molecule has 116 valence electrons. The van der Waals surface area contributed by atoms with Crippen molar-refractivity contribution >= 4 is 5.57 Å². The largest absolute Gasteiger partial charge is 0.512 e. The summed E-state index contributed by atoms with van der Waals surface area (Å²) in [5.74, 6) is 1.09. The highest BCUT2D eigenvalue weighted by Crippen LogP contribution is 2.47. The van der Waals surface area contributed by atoms with Crippen molar-refractivity contribution in [3.8, 4) is 0 Å². The van der Waals surface area contributed by atoms with Gasteiger partial charge in [0.25, 0.3) is 0 Å². The Morgan fingerprint density at radius 2 is 2.09 bits per heavy atom. The first kappa shape index (κ1) is 14.9. The Hall–Kier alpha value is -2.03. The Balaban J connectivity index is 2.22. The minimum Gasteiger partial charge on any atom is -0.512 e. The molecular formula is C19H24N2O. The van der Waals surface area contributed by atoms with E-state index in [0.29, 0.717) is 11.7 Å². The van der Waals surface area contributed by atoms with E-state index in [2.05, 4.69) is 43.1 Å². The second-order valence-corrected chi connectivity index (χ2v) is 6.18. The summed E-state index contributed by atoms with van der Waals surface area (Å²) in [7, 11) is 0. The van der Waals surface area contributed by atoms with Crippen LogP contribution in [0.3, 0.4) is 0 Å². The average molecular weight is 296 g/mol. The van der Waals surface area contributed by atoms with Gasteiger partial charge in [-0.1, -0.05) is 38.8 Å². The maximum atomic E-state index is 10.6. The summed E-state index contributed by atoms with van der Waals surface area (Å²) < 4.78 is 0. The van der Waals surface area contributed by atoms with E-state index in [0.717, 1.165) is 24.8 Å². The lowest BCUT2D eigenvalue weighted by molar-refractivity contribution is 0.287. The number of aromatic amines is 1. The maximum Gasteiger partial charge on any atom is 0.101 e. The number of rotatable bonds is 4. The lowest BCUT2D eigenvalue weighted by atomic mass is 9.79. The van der Waals surface area contributed by atoms with Gasteiger partial charge < -0.3 is 5.11 Å². The summed E-state index contributed by atoms with van der Waals surface area (Å²) in [5.41, 5.74) is 6.06. The van der Waals surface area contributed by atoms with Gasteiger partial charge in [0.2, 0.25) is 0 Å². The lowest BCUT2D eigenvalue weighted by Gasteiger charge is -2.25. The van der Waals surface area contributed by atoms with E-state index in [1.165, 1.54) is 22.3 Å². The van der Waals surface area contributed by atoms with Crippen LogP contribution in [0.1, 0.15) is 45.6 Å². The van der Waals surface area contributed by atoms with Crippen LogP contribution in [0.5, 0.6) is 0 Å². The van der Waals surface area contributed by atoms with Crippen molar-refractivity contribution in [2.75, 3.05) is 0 Å². The first-order valence-electron chi connectivity index (χ1n) is 8.18. The van der Waals surface area contributed by atoms with Gasteiger partial charge in [-0.3, -0.25) is 5.10 Å². The molecule has 2 aliphatic rings. The van der Waals surface area contributed by atoms with Crippen LogP contribution in [-0.2, 0) is 0 Å². The Bertz CT molecular complexity index is 670. The molecule has 3 heteroatoms. The molecule has 0 bridgehead atoms. The molecule has 0 spiro atoms. The predicted molar refractivity (Wildman–Crippen MR) is 90.2 cm³/mol. The molecule has 0 aromatic carbocycles. The standard InChI is InChI=1S/C19H24N2O/c1-4-13(5-2)18-16(22)9-14-8-6-7-12(3)17(19(14)18)15-10-20-21-11-15/h7-11,13,18,22H,4-6H2,1-3H3,(H,20,21). The number of hydrogen-bond donors (Lipinski definition) is 2. The van der Waals surface area contributed by atoms with Gasteiger partial charge in [-0.15, -0.1) is 0 Å². The number of hydrogen-bond acceptors (Lipinski definition) is 2. The van der Waals surface area contributed by atoms with E-state index in [9.17, 15) is 5.11 Å². The summed E-state index contributed by atoms with van der Waals surface area (Å²) in [4.78, 5) is 0. The van der Waals surface area contributed by atoms with Crippen molar-refractivity contribution in [3.63, 3.8) is 0 Å². The van der Waals surface area contributed by atoms with Crippen LogP contribution in [0, 0.1) is 11.8 Å². The van der Waals surface area contributed by atoms with Crippen LogP contribution >= 0.6 is 0 Å². The van der Waals surface area contributed by atoms with Gasteiger partial charge in [0, 0.05) is 17.7 Å². The molecule has 2 N–H and O–H groups in total. The molecule has 2 aliphatic carbocycles. The number of aliphatic hydroxyl groups is 1. The molecule has 22 heavy (non-hydrogen) atoms. The molecule has 1 aromatic rings. The predicted octanol–water partition coefficient (Wildman–Crippen LogP) is 4.95. The number of aliphatic hydroxyl groups excluding tert-OH is 1. The van der Waals surface area contributed by atoms with Crippen LogP contribution in [0.25, 0.3) is 5.57 Å². The van der Waals surface area contributed by atoms with Crippen molar-refractivity contribution in [2.45, 2.75) is 40.0 Å². The van der Waals surface area contributed by atoms with Crippen molar-refractivity contribution in [1.82, 2.24) is 10.2 Å². The average Bonchev–Trinajstić information content (AvgIpc) is 3.09. The molecule has 0 aliphatic heterocycles. The molecule has 0 saturated heterocycles. The van der Waals surface area contributed by atoms with Gasteiger partial charge in [-0.25, -0.2) is 0 Å². The summed E-state index contributed by atoms with van der Waals surface area (Å²) >= 11 is 0. The highest BCUT2D eigenvalue weighted by Gasteiger charge is 2.36. The number of allylic oxidation sites excluding steroid dienone is 7. The lowest BCUT2D eigenvalue weighted by Crippen LogP contribution is -2.16. The molecule has 1 heterocycles. The number of fused-ring (bicyclic) bond motifs is 1. The Labute approximate surface area is 132 Å². The van der Waals surface area contributed by atoms with Gasteiger partial charge in [0.05, 0.1) is 6.20 Å². The van der Waals surface area contributed by atoms with Gasteiger partial charge in [0.15, 0.2) is 0 Å². The van der Waals surface area contributed by atoms with E-state index < -0.39 is 0 Å². The summed E-state index contributed by atoms with van der Waals surface area (Å²) in [6.45, 7) is 6.58. The van der Waals surface area contributed by atoms with E-state index in [-0.39, 0.29) is 5.92 Å². The second kappa shape index (κ2) is 5.99. The molecule has 0 fully saturated rings. The van der Waals surface area contributed by atoms with Gasteiger partial charge in [-0.05, 0) is 47.6 Å². The van der Waals surface area contributed by atoms with E-state index in [1.54, 1.807) is 0 Å². The normalized spacial score (nSPS) is 21.5. The van der Waals surface area contributed by atoms with Crippen LogP contribution in [0.4, 0.5) is 0 Å². The topological polar surface area (TPSA) is 48.9 Å². The maximum absolute atomic E-state index is 10.6. The van der Waals surface area contributed by atoms with Crippen molar-refractivity contribution in [1.29, 1.82) is 0 Å². The smallest absolute Gasteiger partial charge is 0.101 e. The molecule has 0 radical (unpaired) electrons. The minimum absolute atomic E-state index is 0.104. The fourth-order valence-corrected chi connectivity index (χ4v) is 3.81. The zero-order chi connectivity index (χ0) is 15.7. The third-order valence-electron chi connectivity index (χ3n) is 4.98. The number of H-pyrrole nitrogens is 1. The van der Waals surface area contributed by atoms with Crippen LogP contribution in [0.15, 0.2) is 53.1 Å². The highest BCUT2D eigenvalue weighted by molar-refractivity contribution is 5.86. The zero-order valence-corrected chi connectivity index (χ0v) is 13.6. The number of aromatic nitrogens is 2. The van der Waals surface area contributed by atoms with E-state index >= 15 is 0 Å². The fraction of sp³-hybridized carbons (Fsp3) is 0.421. The molecule has 3 rings (SSSR count). The summed E-state index contributed by atoms with van der Waals surface area (Å²) in [6.07, 6.45) is 13.3. The molecule has 1 unspecified atom stereocenters. The van der Waals surface area contributed by atoms with Crippen LogP contribution in [-0.4, -0.2) is 15.3 Å². The molecule has 0 amide bonds. The van der Waals surface area contributed by atoms with Gasteiger partial charge >= 0.3 is 0 Å². The van der Waals surface area contributed by atoms with Crippen molar-refractivity contribution in [2.24, 2.45) is 11.8 Å². The summed E-state index contributed by atoms with van der Waals surface area (Å²) in [6, 6.07) is 0. The Kier molecular flexibility index (Phi) is 4.06. The molecule has 1 aromatic heterocycles. The van der Waals surface area contributed by atoms with Crippen molar-refractivity contribution in [3.05, 3.63) is 58.7 Å². The monoisotopic (exact) mass is 296 g/mol. The van der Waals surface area contributed by atoms with Crippen LogP contribution in [0.2, 0.25) is 0 Å². The van der Waals surface area contributed by atoms with E-state index in [4.69, 9.17) is 0 Å². The third kappa shape index (κ3) is 2.35. The Morgan fingerprint density at radius 1 is 1.32 bits per heavy atom. The van der Waals surface area contributed by atoms with E-state index in [1.807, 2.05) is 18.5 Å². The molecule has 0 saturated carbocycles. The summed E-state index contributed by atoms with van der Waals surface area (Å²) in [5, 5.41) is 17.6. The van der Waals surface area contributed by atoms with Gasteiger partial charge in [-0.2, -0.15) is 5.10 Å². The molecule has 1 atom stereocenters. The fourth-order valence-electron chi connectivity index (χ4n) is 3.81. The zero-order valence-electron chi connectivity index (χ0n) is 13.6. The minimum atomic E-state index is 0.104. The van der Waals surface area contributed by atoms with Gasteiger partial charge in [0.1, 0.15) is 5.76 Å². The second-order valence-electron chi connectivity index (χ2n) is 6.18. The molecule has 3 nitrogen and oxygen atoms in total. The quantitative estimate of drug-likeness (QED) is 0.826.